The lowest BCUT2D eigenvalue weighted by molar-refractivity contribution is -0.115. The molecule has 2 N–H and O–H groups in total. The molecule has 5 heteroatoms. The molecule has 1 amide bonds. The van der Waals surface area contributed by atoms with Crippen molar-refractivity contribution >= 4 is 29.2 Å². The Hall–Kier alpha value is -1.55. The van der Waals surface area contributed by atoms with Gasteiger partial charge in [-0.05, 0) is 18.2 Å². The summed E-state index contributed by atoms with van der Waals surface area (Å²) in [5, 5.41) is 11.4. The lowest BCUT2D eigenvalue weighted by Gasteiger charge is -2.05. The molecule has 0 atom stereocenters. The van der Waals surface area contributed by atoms with E-state index >= 15 is 0 Å². The maximum Gasteiger partial charge on any atom is 0.337 e. The van der Waals surface area contributed by atoms with Crippen molar-refractivity contribution in [3.63, 3.8) is 0 Å². The van der Waals surface area contributed by atoms with Crippen LogP contribution >= 0.6 is 11.6 Å². The average Bonchev–Trinajstić information content (AvgIpc) is 2.17. The molecule has 0 saturated heterocycles. The number of amides is 1. The van der Waals surface area contributed by atoms with Crippen molar-refractivity contribution in [1.29, 1.82) is 0 Å². The van der Waals surface area contributed by atoms with E-state index in [-0.39, 0.29) is 16.5 Å². The first-order valence-corrected chi connectivity index (χ1v) is 4.75. The van der Waals surface area contributed by atoms with E-state index in [2.05, 4.69) is 5.32 Å². The number of nitrogens with one attached hydrogen (secondary N) is 1. The monoisotopic (exact) mass is 227 g/mol. The fraction of sp³-hybridized carbons (Fsp3) is 0.200. The molecular formula is C10H10ClNO3. The van der Waals surface area contributed by atoms with Gasteiger partial charge in [0.1, 0.15) is 0 Å². The minimum atomic E-state index is -1.09. The molecule has 0 heterocycles. The smallest absolute Gasteiger partial charge is 0.337 e. The van der Waals surface area contributed by atoms with Gasteiger partial charge < -0.3 is 10.4 Å². The lowest BCUT2D eigenvalue weighted by atomic mass is 10.2. The Morgan fingerprint density at radius 2 is 2.13 bits per heavy atom. The second-order valence-electron chi connectivity index (χ2n) is 2.90. The molecule has 0 bridgehead atoms. The third-order valence-corrected chi connectivity index (χ3v) is 2.12. The zero-order chi connectivity index (χ0) is 11.4. The number of carboxylic acids is 1. The fourth-order valence-corrected chi connectivity index (χ4v) is 1.28. The molecule has 0 aliphatic heterocycles. The predicted octanol–water partition coefficient (Wildman–Crippen LogP) is 2.39. The summed E-state index contributed by atoms with van der Waals surface area (Å²) in [4.78, 5) is 21.7. The topological polar surface area (TPSA) is 66.4 Å². The molecule has 0 fully saturated rings. The Balaban J connectivity index is 2.91. The van der Waals surface area contributed by atoms with E-state index in [1.54, 1.807) is 6.92 Å². The standard InChI is InChI=1S/C10H10ClNO3/c1-2-9(13)12-6-3-4-7(10(14)15)8(11)5-6/h3-5H,2H2,1H3,(H,12,13)(H,14,15). The first-order valence-electron chi connectivity index (χ1n) is 4.37. The number of carbonyl (C=O) groups is 2. The predicted molar refractivity (Wildman–Crippen MR) is 57.3 cm³/mol. The van der Waals surface area contributed by atoms with Gasteiger partial charge in [0.15, 0.2) is 0 Å². The highest BCUT2D eigenvalue weighted by molar-refractivity contribution is 6.33. The third-order valence-electron chi connectivity index (χ3n) is 1.80. The summed E-state index contributed by atoms with van der Waals surface area (Å²) >= 11 is 5.72. The zero-order valence-corrected chi connectivity index (χ0v) is 8.84. The van der Waals surface area contributed by atoms with E-state index in [0.717, 1.165) is 0 Å². The highest BCUT2D eigenvalue weighted by atomic mass is 35.5. The summed E-state index contributed by atoms with van der Waals surface area (Å²) in [6.45, 7) is 1.72. The number of aromatic carboxylic acids is 1. The number of hydrogen-bond donors (Lipinski definition) is 2. The van der Waals surface area contributed by atoms with Gasteiger partial charge in [-0.25, -0.2) is 4.79 Å². The quantitative estimate of drug-likeness (QED) is 0.833. The van der Waals surface area contributed by atoms with E-state index in [4.69, 9.17) is 16.7 Å². The van der Waals surface area contributed by atoms with Crippen molar-refractivity contribution in [2.45, 2.75) is 13.3 Å². The van der Waals surface area contributed by atoms with Crippen LogP contribution in [0.1, 0.15) is 23.7 Å². The Bertz CT molecular complexity index is 404. The van der Waals surface area contributed by atoms with Gasteiger partial charge >= 0.3 is 5.97 Å². The van der Waals surface area contributed by atoms with Gasteiger partial charge in [0.05, 0.1) is 10.6 Å². The molecule has 80 valence electrons. The minimum Gasteiger partial charge on any atom is -0.478 e. The summed E-state index contributed by atoms with van der Waals surface area (Å²) < 4.78 is 0. The summed E-state index contributed by atoms with van der Waals surface area (Å²) in [6.07, 6.45) is 0.359. The van der Waals surface area contributed by atoms with Crippen molar-refractivity contribution in [2.24, 2.45) is 0 Å². The summed E-state index contributed by atoms with van der Waals surface area (Å²) in [5.74, 6) is -1.23. The van der Waals surface area contributed by atoms with Gasteiger partial charge in [-0.3, -0.25) is 4.79 Å². The summed E-state index contributed by atoms with van der Waals surface area (Å²) in [7, 11) is 0. The molecule has 0 radical (unpaired) electrons. The van der Waals surface area contributed by atoms with Gasteiger partial charge in [-0.15, -0.1) is 0 Å². The van der Waals surface area contributed by atoms with Crippen LogP contribution in [0.3, 0.4) is 0 Å². The molecular weight excluding hydrogens is 218 g/mol. The van der Waals surface area contributed by atoms with Gasteiger partial charge in [0, 0.05) is 12.1 Å². The van der Waals surface area contributed by atoms with E-state index in [9.17, 15) is 9.59 Å². The number of halogens is 1. The number of carbonyl (C=O) groups excluding carboxylic acids is 1. The van der Waals surface area contributed by atoms with Crippen molar-refractivity contribution in [2.75, 3.05) is 5.32 Å². The molecule has 1 aromatic rings. The molecule has 0 aliphatic carbocycles. The maximum atomic E-state index is 11.0. The Morgan fingerprint density at radius 3 is 2.60 bits per heavy atom. The third kappa shape index (κ3) is 2.95. The highest BCUT2D eigenvalue weighted by Crippen LogP contribution is 2.20. The zero-order valence-electron chi connectivity index (χ0n) is 8.08. The van der Waals surface area contributed by atoms with Crippen LogP contribution in [0.5, 0.6) is 0 Å². The molecule has 4 nitrogen and oxygen atoms in total. The fourth-order valence-electron chi connectivity index (χ4n) is 1.02. The van der Waals surface area contributed by atoms with Crippen molar-refractivity contribution in [3.8, 4) is 0 Å². The van der Waals surface area contributed by atoms with Gasteiger partial charge in [0.25, 0.3) is 0 Å². The molecule has 0 spiro atoms. The first kappa shape index (κ1) is 11.5. The second kappa shape index (κ2) is 4.79. The van der Waals surface area contributed by atoms with Crippen LogP contribution in [0.2, 0.25) is 5.02 Å². The number of anilines is 1. The number of benzene rings is 1. The number of carboxylic acid groups (broad SMARTS) is 1. The van der Waals surface area contributed by atoms with Crippen molar-refractivity contribution < 1.29 is 14.7 Å². The Morgan fingerprint density at radius 1 is 1.47 bits per heavy atom. The van der Waals surface area contributed by atoms with E-state index in [1.807, 2.05) is 0 Å². The number of hydrogen-bond acceptors (Lipinski definition) is 2. The molecule has 0 aromatic heterocycles. The average molecular weight is 228 g/mol. The first-order chi connectivity index (χ1) is 7.04. The Kier molecular flexibility index (Phi) is 3.68. The van der Waals surface area contributed by atoms with Crippen LogP contribution in [0, 0.1) is 0 Å². The van der Waals surface area contributed by atoms with Crippen LogP contribution in [0.25, 0.3) is 0 Å². The minimum absolute atomic E-state index is 0.0196. The van der Waals surface area contributed by atoms with Crippen LogP contribution in [-0.4, -0.2) is 17.0 Å². The van der Waals surface area contributed by atoms with Crippen LogP contribution in [-0.2, 0) is 4.79 Å². The molecule has 15 heavy (non-hydrogen) atoms. The van der Waals surface area contributed by atoms with Crippen molar-refractivity contribution in [3.05, 3.63) is 28.8 Å². The van der Waals surface area contributed by atoms with Crippen molar-refractivity contribution in [1.82, 2.24) is 0 Å². The molecule has 1 aromatic carbocycles. The van der Waals surface area contributed by atoms with Crippen LogP contribution in [0.15, 0.2) is 18.2 Å². The molecule has 0 saturated carbocycles. The summed E-state index contributed by atoms with van der Waals surface area (Å²) in [6, 6.07) is 4.28. The molecule has 0 aliphatic rings. The normalized spacial score (nSPS) is 9.73. The largest absolute Gasteiger partial charge is 0.478 e. The number of rotatable bonds is 3. The van der Waals surface area contributed by atoms with Gasteiger partial charge in [0.2, 0.25) is 5.91 Å². The van der Waals surface area contributed by atoms with Crippen LogP contribution in [0.4, 0.5) is 5.69 Å². The lowest BCUT2D eigenvalue weighted by Crippen LogP contribution is -2.09. The van der Waals surface area contributed by atoms with E-state index in [1.165, 1.54) is 18.2 Å². The summed E-state index contributed by atoms with van der Waals surface area (Å²) in [5.41, 5.74) is 0.517. The molecule has 1 rings (SSSR count). The van der Waals surface area contributed by atoms with E-state index in [0.29, 0.717) is 12.1 Å². The highest BCUT2D eigenvalue weighted by Gasteiger charge is 2.09. The van der Waals surface area contributed by atoms with E-state index < -0.39 is 5.97 Å². The maximum absolute atomic E-state index is 11.0. The molecule has 0 unspecified atom stereocenters. The Labute approximate surface area is 91.9 Å². The second-order valence-corrected chi connectivity index (χ2v) is 3.31. The SMILES string of the molecule is CCC(=O)Nc1ccc(C(=O)O)c(Cl)c1. The van der Waals surface area contributed by atoms with Crippen LogP contribution < -0.4 is 5.32 Å². The van der Waals surface area contributed by atoms with Gasteiger partial charge in [-0.2, -0.15) is 0 Å². The van der Waals surface area contributed by atoms with Gasteiger partial charge in [-0.1, -0.05) is 18.5 Å².